The van der Waals surface area contributed by atoms with Crippen LogP contribution in [0.5, 0.6) is 0 Å². The SMILES string of the molecule is COC(=O)c1ccc(/C=C(\Cl)c2nnc(C(=O)Nc3ccc(F)cc3)s2)cc1. The summed E-state index contributed by atoms with van der Waals surface area (Å²) in [6, 6.07) is 12.0. The van der Waals surface area contributed by atoms with E-state index in [0.717, 1.165) is 16.9 Å². The number of ether oxygens (including phenoxy) is 1. The average Bonchev–Trinajstić information content (AvgIpc) is 3.20. The zero-order valence-electron chi connectivity index (χ0n) is 14.5. The van der Waals surface area contributed by atoms with Crippen molar-refractivity contribution < 1.29 is 18.7 Å². The number of hydrogen-bond acceptors (Lipinski definition) is 6. The van der Waals surface area contributed by atoms with Crippen molar-refractivity contribution >= 4 is 51.6 Å². The molecular weight excluding hydrogens is 405 g/mol. The lowest BCUT2D eigenvalue weighted by Crippen LogP contribution is -2.11. The van der Waals surface area contributed by atoms with E-state index in [4.69, 9.17) is 11.6 Å². The number of anilines is 1. The van der Waals surface area contributed by atoms with Crippen LogP contribution in [0.1, 0.15) is 30.7 Å². The van der Waals surface area contributed by atoms with Crippen molar-refractivity contribution in [1.82, 2.24) is 10.2 Å². The second-order valence-corrected chi connectivity index (χ2v) is 6.86. The van der Waals surface area contributed by atoms with Crippen LogP contribution >= 0.6 is 22.9 Å². The standard InChI is InChI=1S/C19H13ClFN3O3S/c1-27-19(26)12-4-2-11(3-5-12)10-15(20)17-23-24-18(28-17)16(25)22-14-8-6-13(21)7-9-14/h2-10H,1H3,(H,22,25)/b15-10-. The minimum Gasteiger partial charge on any atom is -0.465 e. The van der Waals surface area contributed by atoms with Gasteiger partial charge < -0.3 is 10.1 Å². The molecule has 0 unspecified atom stereocenters. The maximum atomic E-state index is 12.9. The molecule has 0 atom stereocenters. The number of amides is 1. The van der Waals surface area contributed by atoms with Crippen molar-refractivity contribution in [2.75, 3.05) is 12.4 Å². The summed E-state index contributed by atoms with van der Waals surface area (Å²) in [6.07, 6.45) is 1.64. The molecule has 142 valence electrons. The molecule has 0 radical (unpaired) electrons. The molecule has 0 fully saturated rings. The van der Waals surface area contributed by atoms with E-state index < -0.39 is 17.7 Å². The van der Waals surface area contributed by atoms with Gasteiger partial charge in [0.1, 0.15) is 5.82 Å². The van der Waals surface area contributed by atoms with Crippen molar-refractivity contribution in [3.05, 3.63) is 75.5 Å². The largest absolute Gasteiger partial charge is 0.465 e. The van der Waals surface area contributed by atoms with Crippen molar-refractivity contribution in [3.63, 3.8) is 0 Å². The lowest BCUT2D eigenvalue weighted by Gasteiger charge is -2.01. The Morgan fingerprint density at radius 2 is 1.71 bits per heavy atom. The first-order chi connectivity index (χ1) is 13.5. The van der Waals surface area contributed by atoms with Crippen LogP contribution in [-0.2, 0) is 4.74 Å². The van der Waals surface area contributed by atoms with Gasteiger partial charge in [0.25, 0.3) is 5.91 Å². The third-order valence-electron chi connectivity index (χ3n) is 3.55. The number of halogens is 2. The van der Waals surface area contributed by atoms with Crippen molar-refractivity contribution in [1.29, 1.82) is 0 Å². The molecule has 1 heterocycles. The van der Waals surface area contributed by atoms with Gasteiger partial charge in [0, 0.05) is 5.69 Å². The predicted octanol–water partition coefficient (Wildman–Crippen LogP) is 4.45. The summed E-state index contributed by atoms with van der Waals surface area (Å²) in [5.74, 6) is -1.29. The Bertz CT molecular complexity index is 1030. The van der Waals surface area contributed by atoms with Crippen LogP contribution in [0, 0.1) is 5.82 Å². The van der Waals surface area contributed by atoms with Crippen LogP contribution in [0.2, 0.25) is 0 Å². The molecule has 0 spiro atoms. The Labute approximate surface area is 168 Å². The Kier molecular flexibility index (Phi) is 6.13. The second kappa shape index (κ2) is 8.73. The summed E-state index contributed by atoms with van der Waals surface area (Å²) in [6.45, 7) is 0. The molecule has 28 heavy (non-hydrogen) atoms. The van der Waals surface area contributed by atoms with Gasteiger partial charge in [0.15, 0.2) is 5.01 Å². The van der Waals surface area contributed by atoms with E-state index >= 15 is 0 Å². The van der Waals surface area contributed by atoms with E-state index in [-0.39, 0.29) is 5.01 Å². The number of methoxy groups -OCH3 is 1. The lowest BCUT2D eigenvalue weighted by atomic mass is 10.1. The number of hydrogen-bond donors (Lipinski definition) is 1. The highest BCUT2D eigenvalue weighted by molar-refractivity contribution is 7.15. The topological polar surface area (TPSA) is 81.2 Å². The van der Waals surface area contributed by atoms with E-state index in [9.17, 15) is 14.0 Å². The first-order valence-electron chi connectivity index (χ1n) is 7.92. The number of esters is 1. The molecule has 0 aliphatic rings. The fourth-order valence-electron chi connectivity index (χ4n) is 2.17. The lowest BCUT2D eigenvalue weighted by molar-refractivity contribution is 0.0600. The van der Waals surface area contributed by atoms with Crippen LogP contribution in [0.3, 0.4) is 0 Å². The molecule has 6 nitrogen and oxygen atoms in total. The highest BCUT2D eigenvalue weighted by Gasteiger charge is 2.15. The highest BCUT2D eigenvalue weighted by Crippen LogP contribution is 2.26. The minimum atomic E-state index is -0.470. The molecular formula is C19H13ClFN3O3S. The molecule has 1 aromatic heterocycles. The zero-order chi connectivity index (χ0) is 20.1. The first-order valence-corrected chi connectivity index (χ1v) is 9.12. The van der Waals surface area contributed by atoms with Crippen LogP contribution in [-0.4, -0.2) is 29.2 Å². The molecule has 2 aromatic carbocycles. The number of nitrogens with zero attached hydrogens (tertiary/aromatic N) is 2. The number of carbonyl (C=O) groups is 2. The third-order valence-corrected chi connectivity index (χ3v) is 4.91. The van der Waals surface area contributed by atoms with Crippen molar-refractivity contribution in [2.45, 2.75) is 0 Å². The molecule has 0 bridgehead atoms. The summed E-state index contributed by atoms with van der Waals surface area (Å²) < 4.78 is 17.6. The van der Waals surface area contributed by atoms with Gasteiger partial charge in [-0.05, 0) is 48.0 Å². The summed E-state index contributed by atoms with van der Waals surface area (Å²) in [5, 5.41) is 11.1. The maximum Gasteiger partial charge on any atom is 0.337 e. The number of rotatable bonds is 5. The monoisotopic (exact) mass is 417 g/mol. The molecule has 0 saturated carbocycles. The van der Waals surface area contributed by atoms with Gasteiger partial charge in [0.05, 0.1) is 17.7 Å². The summed E-state index contributed by atoms with van der Waals surface area (Å²) in [4.78, 5) is 23.7. The van der Waals surface area contributed by atoms with Gasteiger partial charge in [-0.3, -0.25) is 4.79 Å². The van der Waals surface area contributed by atoms with E-state index in [1.54, 1.807) is 30.3 Å². The number of carbonyl (C=O) groups excluding carboxylic acids is 2. The van der Waals surface area contributed by atoms with Crippen molar-refractivity contribution in [2.24, 2.45) is 0 Å². The summed E-state index contributed by atoms with van der Waals surface area (Å²) >= 11 is 7.29. The van der Waals surface area contributed by atoms with Gasteiger partial charge in [-0.15, -0.1) is 10.2 Å². The quantitative estimate of drug-likeness (QED) is 0.620. The van der Waals surface area contributed by atoms with E-state index in [2.05, 4.69) is 20.3 Å². The van der Waals surface area contributed by atoms with Gasteiger partial charge in [-0.25, -0.2) is 9.18 Å². The van der Waals surface area contributed by atoms with Gasteiger partial charge in [0.2, 0.25) is 5.01 Å². The van der Waals surface area contributed by atoms with Crippen LogP contribution < -0.4 is 5.32 Å². The smallest absolute Gasteiger partial charge is 0.337 e. The van der Waals surface area contributed by atoms with Crippen molar-refractivity contribution in [3.8, 4) is 0 Å². The summed E-state index contributed by atoms with van der Waals surface area (Å²) in [7, 11) is 1.31. The molecule has 0 aliphatic heterocycles. The van der Waals surface area contributed by atoms with Gasteiger partial charge >= 0.3 is 5.97 Å². The van der Waals surface area contributed by atoms with E-state index in [1.807, 2.05) is 0 Å². The maximum absolute atomic E-state index is 12.9. The Balaban J connectivity index is 1.71. The molecule has 0 aliphatic carbocycles. The fraction of sp³-hybridized carbons (Fsp3) is 0.0526. The van der Waals surface area contributed by atoms with Gasteiger partial charge in [-0.2, -0.15) is 0 Å². The van der Waals surface area contributed by atoms with Crippen LogP contribution in [0.4, 0.5) is 10.1 Å². The minimum absolute atomic E-state index is 0.118. The van der Waals surface area contributed by atoms with Gasteiger partial charge in [-0.1, -0.05) is 35.1 Å². The molecule has 3 aromatic rings. The Hall–Kier alpha value is -3.10. The fourth-order valence-corrected chi connectivity index (χ4v) is 3.10. The molecule has 3 rings (SSSR count). The summed E-state index contributed by atoms with van der Waals surface area (Å²) in [5.41, 5.74) is 1.60. The third kappa shape index (κ3) is 4.79. The number of nitrogens with one attached hydrogen (secondary N) is 1. The molecule has 1 N–H and O–H groups in total. The van der Waals surface area contributed by atoms with E-state index in [0.29, 0.717) is 21.3 Å². The van der Waals surface area contributed by atoms with Crippen LogP contribution in [0.15, 0.2) is 48.5 Å². The van der Waals surface area contributed by atoms with Crippen LogP contribution in [0.25, 0.3) is 11.1 Å². The number of aromatic nitrogens is 2. The van der Waals surface area contributed by atoms with E-state index in [1.165, 1.54) is 31.4 Å². The average molecular weight is 418 g/mol. The zero-order valence-corrected chi connectivity index (χ0v) is 16.1. The normalized spacial score (nSPS) is 11.2. The highest BCUT2D eigenvalue weighted by atomic mass is 35.5. The molecule has 1 amide bonds. The molecule has 0 saturated heterocycles. The Morgan fingerprint density at radius 3 is 2.36 bits per heavy atom. The predicted molar refractivity (Wildman–Crippen MR) is 106 cm³/mol. The Morgan fingerprint density at radius 1 is 1.07 bits per heavy atom. The first kappa shape index (κ1) is 19.7. The number of benzene rings is 2. The molecule has 9 heteroatoms. The second-order valence-electron chi connectivity index (χ2n) is 5.48.